The normalized spacial score (nSPS) is 14.1. The summed E-state index contributed by atoms with van der Waals surface area (Å²) in [5.74, 6) is -0.546. The summed E-state index contributed by atoms with van der Waals surface area (Å²) in [6.45, 7) is 6.75. The van der Waals surface area contributed by atoms with Crippen molar-refractivity contribution in [3.05, 3.63) is 97.2 Å². The van der Waals surface area contributed by atoms with Crippen molar-refractivity contribution in [3.8, 4) is 0 Å². The Hall–Kier alpha value is -3.07. The lowest BCUT2D eigenvalue weighted by Gasteiger charge is -2.30. The number of likely N-dealkylation sites (N-methyl/N-ethyl adjacent to an activating group) is 1. The lowest BCUT2D eigenvalue weighted by molar-refractivity contribution is -0.870. The lowest BCUT2D eigenvalue weighted by atomic mass is 10.0. The van der Waals surface area contributed by atoms with Gasteiger partial charge in [-0.25, -0.2) is 0 Å². The molecule has 9 nitrogen and oxygen atoms in total. The van der Waals surface area contributed by atoms with Crippen LogP contribution >= 0.6 is 7.82 Å². The molecule has 0 aromatic rings. The number of ether oxygens (including phenoxy) is 1. The number of phosphoric acid groups is 1. The highest BCUT2D eigenvalue weighted by molar-refractivity contribution is 7.45. The standard InChI is InChI=1S/C76H137N2O7P/c1-7-10-13-16-19-22-25-28-30-32-34-36-37-38-39-40-41-43-45-47-49-51-54-57-60-63-66-69-76(80)85-74(67-64-61-58-55-52-27-24-21-18-15-12-9-3)73(72-84-86(81,82)83-71-70-78(4,5)6)77-75(79)68-65-62-59-56-53-50-48-46-44-42-35-33-31-29-26-23-20-17-14-11-8-2/h10,13,19,22,28-31,34,36,38-39,41,43,64,67,73-74H,7-9,11-12,14-18,20-21,23-27,32-33,35,37,40,42,44-63,65-66,68-72H2,1-6H3,(H-,77,79,81,82)/b13-10-,22-19-,30-28-,31-29+,36-34-,39-38-,43-41-,67-64-. The van der Waals surface area contributed by atoms with E-state index in [4.69, 9.17) is 13.8 Å². The molecule has 3 unspecified atom stereocenters. The van der Waals surface area contributed by atoms with Crippen LogP contribution in [0.5, 0.6) is 0 Å². The molecule has 1 amide bonds. The number of quaternary nitrogens is 1. The molecular weight excluding hydrogens is 1080 g/mol. The van der Waals surface area contributed by atoms with Gasteiger partial charge in [-0.05, 0) is 109 Å². The number of nitrogens with one attached hydrogen (secondary N) is 1. The van der Waals surface area contributed by atoms with Crippen LogP contribution in [0.1, 0.15) is 323 Å². The molecule has 498 valence electrons. The Morgan fingerprint density at radius 2 is 0.744 bits per heavy atom. The first-order valence-electron chi connectivity index (χ1n) is 36.0. The van der Waals surface area contributed by atoms with Gasteiger partial charge < -0.3 is 28.5 Å². The van der Waals surface area contributed by atoms with Crippen molar-refractivity contribution in [2.75, 3.05) is 40.9 Å². The van der Waals surface area contributed by atoms with Crippen LogP contribution in [0.25, 0.3) is 0 Å². The molecule has 0 aliphatic heterocycles. The van der Waals surface area contributed by atoms with Gasteiger partial charge in [0.2, 0.25) is 5.91 Å². The molecule has 0 spiro atoms. The van der Waals surface area contributed by atoms with Gasteiger partial charge in [0.15, 0.2) is 0 Å². The highest BCUT2D eigenvalue weighted by Gasteiger charge is 2.27. The van der Waals surface area contributed by atoms with Crippen molar-refractivity contribution < 1.29 is 37.3 Å². The maximum Gasteiger partial charge on any atom is 0.306 e. The Kier molecular flexibility index (Phi) is 62.6. The summed E-state index contributed by atoms with van der Waals surface area (Å²) in [5, 5.41) is 3.04. The molecular formula is C76H137N2O7P. The van der Waals surface area contributed by atoms with Gasteiger partial charge in [-0.2, -0.15) is 0 Å². The summed E-state index contributed by atoms with van der Waals surface area (Å²) >= 11 is 0. The van der Waals surface area contributed by atoms with E-state index in [1.165, 1.54) is 180 Å². The van der Waals surface area contributed by atoms with Crippen LogP contribution in [0, 0.1) is 0 Å². The van der Waals surface area contributed by atoms with E-state index in [2.05, 4.69) is 111 Å². The molecule has 0 aliphatic carbocycles. The quantitative estimate of drug-likeness (QED) is 0.0212. The second-order valence-corrected chi connectivity index (χ2v) is 26.8. The van der Waals surface area contributed by atoms with Crippen LogP contribution in [0.2, 0.25) is 0 Å². The minimum Gasteiger partial charge on any atom is -0.756 e. The van der Waals surface area contributed by atoms with E-state index in [1.807, 2.05) is 33.3 Å². The van der Waals surface area contributed by atoms with E-state index in [-0.39, 0.29) is 24.9 Å². The third kappa shape index (κ3) is 65.4. The zero-order valence-electron chi connectivity index (χ0n) is 57.0. The van der Waals surface area contributed by atoms with Crippen LogP contribution in [0.3, 0.4) is 0 Å². The fourth-order valence-corrected chi connectivity index (χ4v) is 11.0. The summed E-state index contributed by atoms with van der Waals surface area (Å²) in [6, 6.07) is -0.898. The maximum atomic E-state index is 13.6. The molecule has 0 saturated heterocycles. The number of carbonyl (C=O) groups is 2. The molecule has 0 aromatic carbocycles. The van der Waals surface area contributed by atoms with Crippen LogP contribution in [0.15, 0.2) is 97.2 Å². The van der Waals surface area contributed by atoms with E-state index >= 15 is 0 Å². The molecule has 1 N–H and O–H groups in total. The van der Waals surface area contributed by atoms with Gasteiger partial charge in [-0.3, -0.25) is 14.2 Å². The third-order valence-corrected chi connectivity index (χ3v) is 16.7. The molecule has 0 aromatic heterocycles. The Bertz CT molecular complexity index is 1790. The predicted molar refractivity (Wildman–Crippen MR) is 371 cm³/mol. The molecule has 0 heterocycles. The van der Waals surface area contributed by atoms with E-state index in [1.54, 1.807) is 0 Å². The Balaban J connectivity index is 5.08. The zero-order valence-corrected chi connectivity index (χ0v) is 57.9. The first-order chi connectivity index (χ1) is 41.9. The molecule has 0 fully saturated rings. The number of carbonyl (C=O) groups excluding carboxylic acids is 2. The van der Waals surface area contributed by atoms with Gasteiger partial charge in [0, 0.05) is 12.8 Å². The van der Waals surface area contributed by atoms with Gasteiger partial charge >= 0.3 is 5.97 Å². The fraction of sp³-hybridized carbons (Fsp3) is 0.763. The van der Waals surface area contributed by atoms with E-state index in [0.717, 1.165) is 109 Å². The van der Waals surface area contributed by atoms with Crippen LogP contribution in [-0.2, 0) is 27.9 Å². The number of unbranched alkanes of at least 4 members (excludes halogenated alkanes) is 35. The highest BCUT2D eigenvalue weighted by Crippen LogP contribution is 2.38. The van der Waals surface area contributed by atoms with Gasteiger partial charge in [0.25, 0.3) is 7.82 Å². The molecule has 86 heavy (non-hydrogen) atoms. The van der Waals surface area contributed by atoms with Crippen LogP contribution in [-0.4, -0.2) is 69.4 Å². The van der Waals surface area contributed by atoms with Crippen molar-refractivity contribution in [1.82, 2.24) is 5.32 Å². The molecule has 0 saturated carbocycles. The predicted octanol–water partition coefficient (Wildman–Crippen LogP) is 22.4. The fourth-order valence-electron chi connectivity index (χ4n) is 10.2. The number of amides is 1. The van der Waals surface area contributed by atoms with Crippen molar-refractivity contribution in [2.45, 2.75) is 335 Å². The molecule has 0 bridgehead atoms. The molecule has 0 aliphatic rings. The van der Waals surface area contributed by atoms with Crippen molar-refractivity contribution >= 4 is 19.7 Å². The summed E-state index contributed by atoms with van der Waals surface area (Å²) in [7, 11) is 1.18. The lowest BCUT2D eigenvalue weighted by Crippen LogP contribution is -2.47. The van der Waals surface area contributed by atoms with E-state index in [0.29, 0.717) is 17.4 Å². The largest absolute Gasteiger partial charge is 0.756 e. The van der Waals surface area contributed by atoms with Gasteiger partial charge in [0.1, 0.15) is 19.3 Å². The first kappa shape index (κ1) is 82.9. The van der Waals surface area contributed by atoms with Crippen molar-refractivity contribution in [1.29, 1.82) is 0 Å². The van der Waals surface area contributed by atoms with Crippen molar-refractivity contribution in [3.63, 3.8) is 0 Å². The number of allylic oxidation sites excluding steroid dienone is 15. The number of hydrogen-bond acceptors (Lipinski definition) is 7. The smallest absolute Gasteiger partial charge is 0.306 e. The zero-order chi connectivity index (χ0) is 62.8. The Labute approximate surface area is 532 Å². The SMILES string of the molecule is CC/C=C\C/C=C\C/C=C\C/C=C\C/C=C\C/C=C\CCCCCCCCCCC(=O)OC(/C=C\CCCCCCCCCCCC)C(COP(=O)([O-])OCC[N+](C)(C)C)NC(=O)CCCCCCCCCCCCC/C=C/CCCCCCCC. The Morgan fingerprint density at radius 3 is 1.13 bits per heavy atom. The monoisotopic (exact) mass is 1220 g/mol. The minimum atomic E-state index is -4.71. The topological polar surface area (TPSA) is 114 Å². The second kappa shape index (κ2) is 64.9. The van der Waals surface area contributed by atoms with Crippen LogP contribution in [0.4, 0.5) is 0 Å². The van der Waals surface area contributed by atoms with E-state index in [9.17, 15) is 19.0 Å². The number of phosphoric ester groups is 1. The molecule has 3 atom stereocenters. The minimum absolute atomic E-state index is 0.0268. The Morgan fingerprint density at radius 1 is 0.419 bits per heavy atom. The van der Waals surface area contributed by atoms with Gasteiger partial charge in [-0.15, -0.1) is 0 Å². The highest BCUT2D eigenvalue weighted by atomic mass is 31.2. The average Bonchev–Trinajstić information content (AvgIpc) is 3.65. The molecule has 0 rings (SSSR count). The van der Waals surface area contributed by atoms with Crippen LogP contribution < -0.4 is 10.2 Å². The third-order valence-electron chi connectivity index (χ3n) is 15.7. The summed E-state index contributed by atoms with van der Waals surface area (Å²) in [5.41, 5.74) is 0. The van der Waals surface area contributed by atoms with Crippen molar-refractivity contribution in [2.24, 2.45) is 0 Å². The number of esters is 1. The second-order valence-electron chi connectivity index (χ2n) is 25.4. The van der Waals surface area contributed by atoms with Gasteiger partial charge in [0.05, 0.1) is 33.8 Å². The number of rotatable bonds is 65. The first-order valence-corrected chi connectivity index (χ1v) is 37.5. The summed E-state index contributed by atoms with van der Waals surface area (Å²) < 4.78 is 30.5. The molecule has 0 radical (unpaired) electrons. The summed E-state index contributed by atoms with van der Waals surface area (Å²) in [4.78, 5) is 40.2. The number of nitrogens with zero attached hydrogens (tertiary/aromatic N) is 1. The molecule has 10 heteroatoms. The van der Waals surface area contributed by atoms with Gasteiger partial charge in [-0.1, -0.05) is 298 Å². The number of hydrogen-bond donors (Lipinski definition) is 1. The van der Waals surface area contributed by atoms with E-state index < -0.39 is 26.6 Å². The average molecular weight is 1220 g/mol. The summed E-state index contributed by atoms with van der Waals surface area (Å²) in [6.07, 6.45) is 88.1. The maximum absolute atomic E-state index is 13.6.